The number of carboxylic acids is 1. The number of carbonyl (C=O) groups is 1. The van der Waals surface area contributed by atoms with E-state index in [4.69, 9.17) is 5.11 Å². The summed E-state index contributed by atoms with van der Waals surface area (Å²) in [5.41, 5.74) is 1.06. The summed E-state index contributed by atoms with van der Waals surface area (Å²) >= 11 is 0. The lowest BCUT2D eigenvalue weighted by Crippen LogP contribution is -2.09. The summed E-state index contributed by atoms with van der Waals surface area (Å²) in [6.45, 7) is 2.00. The monoisotopic (exact) mass is 243 g/mol. The predicted molar refractivity (Wildman–Crippen MR) is 67.5 cm³/mol. The second kappa shape index (κ2) is 5.27. The van der Waals surface area contributed by atoms with Gasteiger partial charge < -0.3 is 10.4 Å². The third-order valence-electron chi connectivity index (χ3n) is 2.53. The van der Waals surface area contributed by atoms with E-state index >= 15 is 0 Å². The van der Waals surface area contributed by atoms with Crippen molar-refractivity contribution in [2.75, 3.05) is 5.32 Å². The number of benzene rings is 1. The van der Waals surface area contributed by atoms with E-state index in [0.717, 1.165) is 5.56 Å². The molecule has 1 heterocycles. The maximum Gasteiger partial charge on any atom is 0.356 e. The fraction of sp³-hybridized carbons (Fsp3) is 0.154. The molecule has 0 saturated heterocycles. The smallest absolute Gasteiger partial charge is 0.356 e. The van der Waals surface area contributed by atoms with Crippen molar-refractivity contribution in [3.63, 3.8) is 0 Å². The fourth-order valence-electron chi connectivity index (χ4n) is 1.56. The van der Waals surface area contributed by atoms with Gasteiger partial charge in [-0.05, 0) is 12.5 Å². The molecule has 1 aromatic heterocycles. The highest BCUT2D eigenvalue weighted by molar-refractivity contribution is 5.84. The Hall–Kier alpha value is -2.43. The van der Waals surface area contributed by atoms with Crippen LogP contribution in [0.4, 0.5) is 5.82 Å². The SMILES string of the molecule is CC(Nc1cnc(C(=O)O)cn1)c1ccccc1. The van der Waals surface area contributed by atoms with Gasteiger partial charge >= 0.3 is 5.97 Å². The van der Waals surface area contributed by atoms with Gasteiger partial charge in [0.1, 0.15) is 5.82 Å². The van der Waals surface area contributed by atoms with Gasteiger partial charge in [-0.25, -0.2) is 14.8 Å². The van der Waals surface area contributed by atoms with Crippen LogP contribution in [-0.4, -0.2) is 21.0 Å². The lowest BCUT2D eigenvalue weighted by Gasteiger charge is -2.14. The van der Waals surface area contributed by atoms with E-state index in [1.807, 2.05) is 37.3 Å². The zero-order valence-corrected chi connectivity index (χ0v) is 9.87. The van der Waals surface area contributed by atoms with Gasteiger partial charge in [-0.15, -0.1) is 0 Å². The molecule has 0 spiro atoms. The van der Waals surface area contributed by atoms with Gasteiger partial charge in [0.05, 0.1) is 12.4 Å². The number of nitrogens with zero attached hydrogens (tertiary/aromatic N) is 2. The summed E-state index contributed by atoms with van der Waals surface area (Å²) in [5, 5.41) is 11.9. The molecule has 2 rings (SSSR count). The van der Waals surface area contributed by atoms with Gasteiger partial charge in [-0.3, -0.25) is 0 Å². The first kappa shape index (κ1) is 12.0. The first-order valence-corrected chi connectivity index (χ1v) is 5.53. The molecule has 0 saturated carbocycles. The standard InChI is InChI=1S/C13H13N3O2/c1-9(10-5-3-2-4-6-10)16-12-8-14-11(7-15-12)13(17)18/h2-9H,1H3,(H,15,16)(H,17,18). The van der Waals surface area contributed by atoms with Gasteiger partial charge in [0.25, 0.3) is 0 Å². The topological polar surface area (TPSA) is 75.1 Å². The van der Waals surface area contributed by atoms with Gasteiger partial charge in [0, 0.05) is 6.04 Å². The van der Waals surface area contributed by atoms with Crippen LogP contribution in [0.5, 0.6) is 0 Å². The van der Waals surface area contributed by atoms with E-state index in [1.54, 1.807) is 0 Å². The molecule has 2 N–H and O–H groups in total. The van der Waals surface area contributed by atoms with E-state index in [2.05, 4.69) is 15.3 Å². The van der Waals surface area contributed by atoms with Gasteiger partial charge in [0.2, 0.25) is 0 Å². The quantitative estimate of drug-likeness (QED) is 0.862. The fourth-order valence-corrected chi connectivity index (χ4v) is 1.56. The lowest BCUT2D eigenvalue weighted by molar-refractivity contribution is 0.0690. The molecule has 5 heteroatoms. The van der Waals surface area contributed by atoms with Gasteiger partial charge in [0.15, 0.2) is 5.69 Å². The van der Waals surface area contributed by atoms with Crippen LogP contribution in [0.2, 0.25) is 0 Å². The summed E-state index contributed by atoms with van der Waals surface area (Å²) in [5.74, 6) is -0.526. The summed E-state index contributed by atoms with van der Waals surface area (Å²) in [6.07, 6.45) is 2.66. The Morgan fingerprint density at radius 1 is 1.22 bits per heavy atom. The van der Waals surface area contributed by atoms with Crippen molar-refractivity contribution in [1.82, 2.24) is 9.97 Å². The Morgan fingerprint density at radius 2 is 1.94 bits per heavy atom. The molecule has 0 aliphatic carbocycles. The molecule has 5 nitrogen and oxygen atoms in total. The second-order valence-electron chi connectivity index (χ2n) is 3.87. The molecule has 92 valence electrons. The van der Waals surface area contributed by atoms with E-state index in [1.165, 1.54) is 12.4 Å². The van der Waals surface area contributed by atoms with Gasteiger partial charge in [-0.1, -0.05) is 30.3 Å². The van der Waals surface area contributed by atoms with Crippen molar-refractivity contribution in [2.24, 2.45) is 0 Å². The highest BCUT2D eigenvalue weighted by Crippen LogP contribution is 2.16. The zero-order chi connectivity index (χ0) is 13.0. The molecule has 0 aliphatic heterocycles. The number of aromatic carboxylic acids is 1. The van der Waals surface area contributed by atoms with E-state index in [-0.39, 0.29) is 11.7 Å². The van der Waals surface area contributed by atoms with Crippen molar-refractivity contribution in [1.29, 1.82) is 0 Å². The predicted octanol–water partition coefficient (Wildman–Crippen LogP) is 2.35. The number of hydrogen-bond donors (Lipinski definition) is 2. The number of carboxylic acid groups (broad SMARTS) is 1. The van der Waals surface area contributed by atoms with E-state index in [0.29, 0.717) is 5.82 Å². The van der Waals surface area contributed by atoms with Crippen molar-refractivity contribution < 1.29 is 9.90 Å². The molecule has 1 aromatic carbocycles. The van der Waals surface area contributed by atoms with E-state index < -0.39 is 5.97 Å². The third-order valence-corrected chi connectivity index (χ3v) is 2.53. The highest BCUT2D eigenvalue weighted by Gasteiger charge is 2.08. The van der Waals surface area contributed by atoms with E-state index in [9.17, 15) is 4.79 Å². The number of rotatable bonds is 4. The molecule has 1 unspecified atom stereocenters. The molecule has 0 bridgehead atoms. The molecule has 0 amide bonds. The van der Waals surface area contributed by atoms with Crippen molar-refractivity contribution in [3.05, 3.63) is 54.0 Å². The number of nitrogens with one attached hydrogen (secondary N) is 1. The number of anilines is 1. The molecular weight excluding hydrogens is 230 g/mol. The molecule has 0 aliphatic rings. The van der Waals surface area contributed by atoms with Crippen LogP contribution < -0.4 is 5.32 Å². The van der Waals surface area contributed by atoms with Crippen LogP contribution in [-0.2, 0) is 0 Å². The first-order chi connectivity index (χ1) is 8.66. The summed E-state index contributed by atoms with van der Waals surface area (Å²) in [6, 6.07) is 9.99. The lowest BCUT2D eigenvalue weighted by atomic mass is 10.1. The van der Waals surface area contributed by atoms with Crippen LogP contribution in [0.3, 0.4) is 0 Å². The van der Waals surface area contributed by atoms with Crippen LogP contribution in [0.25, 0.3) is 0 Å². The first-order valence-electron chi connectivity index (χ1n) is 5.53. The molecule has 0 radical (unpaired) electrons. The van der Waals surface area contributed by atoms with Crippen molar-refractivity contribution >= 4 is 11.8 Å². The Kier molecular flexibility index (Phi) is 3.52. The van der Waals surface area contributed by atoms with Crippen molar-refractivity contribution in [2.45, 2.75) is 13.0 Å². The minimum absolute atomic E-state index is 0.0621. The Bertz CT molecular complexity index is 526. The minimum atomic E-state index is -1.08. The number of aromatic nitrogens is 2. The van der Waals surface area contributed by atoms with Gasteiger partial charge in [-0.2, -0.15) is 0 Å². The van der Waals surface area contributed by atoms with Crippen molar-refractivity contribution in [3.8, 4) is 0 Å². The third kappa shape index (κ3) is 2.82. The maximum atomic E-state index is 10.6. The molecule has 18 heavy (non-hydrogen) atoms. The molecule has 1 atom stereocenters. The largest absolute Gasteiger partial charge is 0.476 e. The summed E-state index contributed by atoms with van der Waals surface area (Å²) in [7, 11) is 0. The second-order valence-corrected chi connectivity index (χ2v) is 3.87. The summed E-state index contributed by atoms with van der Waals surface area (Å²) in [4.78, 5) is 18.4. The Balaban J connectivity index is 2.08. The normalized spacial score (nSPS) is 11.8. The van der Waals surface area contributed by atoms with Crippen LogP contribution in [0.1, 0.15) is 29.0 Å². The average Bonchev–Trinajstić information content (AvgIpc) is 2.40. The Morgan fingerprint density at radius 3 is 2.50 bits per heavy atom. The minimum Gasteiger partial charge on any atom is -0.476 e. The molecular formula is C13H13N3O2. The van der Waals surface area contributed by atoms with Crippen LogP contribution >= 0.6 is 0 Å². The maximum absolute atomic E-state index is 10.6. The molecule has 0 fully saturated rings. The number of hydrogen-bond acceptors (Lipinski definition) is 4. The Labute approximate surface area is 105 Å². The summed E-state index contributed by atoms with van der Waals surface area (Å²) < 4.78 is 0. The van der Waals surface area contributed by atoms with Crippen LogP contribution in [0, 0.1) is 0 Å². The zero-order valence-electron chi connectivity index (χ0n) is 9.87. The molecule has 2 aromatic rings. The average molecular weight is 243 g/mol. The van der Waals surface area contributed by atoms with Crippen LogP contribution in [0.15, 0.2) is 42.7 Å². The highest BCUT2D eigenvalue weighted by atomic mass is 16.4.